The molecular weight excluding hydrogens is 370 g/mol. The normalized spacial score (nSPS) is 24.2. The van der Waals surface area contributed by atoms with E-state index in [9.17, 15) is 4.79 Å². The summed E-state index contributed by atoms with van der Waals surface area (Å²) < 4.78 is 12.6. The van der Waals surface area contributed by atoms with E-state index >= 15 is 0 Å². The fraction of sp³-hybridized carbons (Fsp3) is 0.316. The molecule has 0 bridgehead atoms. The molecule has 24 heavy (non-hydrogen) atoms. The Morgan fingerprint density at radius 2 is 2.04 bits per heavy atom. The van der Waals surface area contributed by atoms with Crippen LogP contribution in [0, 0.1) is 0 Å². The van der Waals surface area contributed by atoms with Gasteiger partial charge in [-0.15, -0.1) is 0 Å². The van der Waals surface area contributed by atoms with E-state index in [1.54, 1.807) is 0 Å². The fourth-order valence-corrected chi connectivity index (χ4v) is 4.30. The van der Waals surface area contributed by atoms with Crippen molar-refractivity contribution in [3.8, 4) is 5.75 Å². The summed E-state index contributed by atoms with van der Waals surface area (Å²) in [6.45, 7) is 2.16. The number of anilines is 1. The summed E-state index contributed by atoms with van der Waals surface area (Å²) in [5, 5.41) is 0. The number of fused-ring (bicyclic) bond motifs is 3. The molecule has 2 aliphatic rings. The van der Waals surface area contributed by atoms with Crippen molar-refractivity contribution < 1.29 is 14.3 Å². The quantitative estimate of drug-likeness (QED) is 0.729. The molecule has 0 N–H and O–H groups in total. The predicted molar refractivity (Wildman–Crippen MR) is 95.0 cm³/mol. The zero-order chi connectivity index (χ0) is 16.7. The number of ether oxygens (including phenoxy) is 2. The fourth-order valence-electron chi connectivity index (χ4n) is 3.75. The molecular formula is C19H18BrNO3. The number of nitrogens with zero attached hydrogens (tertiary/aromatic N) is 1. The van der Waals surface area contributed by atoms with E-state index in [4.69, 9.17) is 9.47 Å². The van der Waals surface area contributed by atoms with Crippen molar-refractivity contribution in [2.75, 3.05) is 11.5 Å². The van der Waals surface area contributed by atoms with Gasteiger partial charge in [-0.05, 0) is 37.1 Å². The summed E-state index contributed by atoms with van der Waals surface area (Å²) in [5.74, 6) is 0.429. The number of benzene rings is 2. The van der Waals surface area contributed by atoms with Crippen LogP contribution >= 0.6 is 15.9 Å². The highest BCUT2D eigenvalue weighted by atomic mass is 79.9. The molecule has 0 spiro atoms. The van der Waals surface area contributed by atoms with E-state index < -0.39 is 5.72 Å². The maximum atomic E-state index is 12.8. The van der Waals surface area contributed by atoms with Gasteiger partial charge in [-0.25, -0.2) is 4.79 Å². The van der Waals surface area contributed by atoms with Gasteiger partial charge >= 0.3 is 5.97 Å². The number of hydrogen-bond acceptors (Lipinski definition) is 4. The van der Waals surface area contributed by atoms with E-state index in [0.717, 1.165) is 27.9 Å². The van der Waals surface area contributed by atoms with Crippen molar-refractivity contribution >= 4 is 27.6 Å². The first-order valence-electron chi connectivity index (χ1n) is 8.16. The predicted octanol–water partition coefficient (Wildman–Crippen LogP) is 4.44. The monoisotopic (exact) mass is 387 g/mol. The standard InChI is InChI=1S/C19H18BrNO3/c1-2-23-18(22)19-12-11-15(13-7-3-4-8-14(13)20)21(19)16-9-5-6-10-17(16)24-19/h3-10,15H,2,11-12H2,1H3/t15-,19-/m1/s1. The molecule has 1 fully saturated rings. The highest BCUT2D eigenvalue weighted by Crippen LogP contribution is 2.55. The summed E-state index contributed by atoms with van der Waals surface area (Å²) in [4.78, 5) is 14.9. The lowest BCUT2D eigenvalue weighted by atomic mass is 10.0. The molecule has 4 nitrogen and oxygen atoms in total. The molecule has 1 saturated heterocycles. The summed E-state index contributed by atoms with van der Waals surface area (Å²) in [6, 6.07) is 16.0. The Balaban J connectivity index is 1.83. The van der Waals surface area contributed by atoms with Crippen LogP contribution < -0.4 is 9.64 Å². The van der Waals surface area contributed by atoms with Gasteiger partial charge in [0.2, 0.25) is 0 Å². The van der Waals surface area contributed by atoms with Crippen LogP contribution in [0.3, 0.4) is 0 Å². The van der Waals surface area contributed by atoms with Crippen LogP contribution in [0.2, 0.25) is 0 Å². The lowest BCUT2D eigenvalue weighted by Gasteiger charge is -2.33. The van der Waals surface area contributed by atoms with Gasteiger partial charge in [-0.3, -0.25) is 0 Å². The minimum absolute atomic E-state index is 0.0635. The van der Waals surface area contributed by atoms with Gasteiger partial charge < -0.3 is 14.4 Å². The highest BCUT2D eigenvalue weighted by molar-refractivity contribution is 9.10. The van der Waals surface area contributed by atoms with E-state index in [-0.39, 0.29) is 12.0 Å². The van der Waals surface area contributed by atoms with Crippen molar-refractivity contribution in [1.82, 2.24) is 0 Å². The number of halogens is 1. The molecule has 124 valence electrons. The molecule has 0 unspecified atom stereocenters. The van der Waals surface area contributed by atoms with Crippen LogP contribution in [0.25, 0.3) is 0 Å². The molecule has 4 rings (SSSR count). The third-order valence-electron chi connectivity index (χ3n) is 4.72. The van der Waals surface area contributed by atoms with Crippen molar-refractivity contribution in [2.45, 2.75) is 31.5 Å². The zero-order valence-electron chi connectivity index (χ0n) is 13.4. The second-order valence-electron chi connectivity index (χ2n) is 6.02. The van der Waals surface area contributed by atoms with Crippen molar-refractivity contribution in [1.29, 1.82) is 0 Å². The van der Waals surface area contributed by atoms with Crippen LogP contribution in [0.15, 0.2) is 53.0 Å². The largest absolute Gasteiger partial charge is 0.462 e. The smallest absolute Gasteiger partial charge is 0.372 e. The van der Waals surface area contributed by atoms with E-state index in [2.05, 4.69) is 26.9 Å². The number of esters is 1. The van der Waals surface area contributed by atoms with Gasteiger partial charge in [0.1, 0.15) is 5.75 Å². The Labute approximate surface area is 149 Å². The molecule has 2 atom stereocenters. The molecule has 0 radical (unpaired) electrons. The molecule has 0 amide bonds. The Kier molecular flexibility index (Phi) is 3.76. The number of para-hydroxylation sites is 2. The van der Waals surface area contributed by atoms with Crippen LogP contribution in [0.1, 0.15) is 31.4 Å². The summed E-state index contributed by atoms with van der Waals surface area (Å²) in [5.41, 5.74) is 1.05. The van der Waals surface area contributed by atoms with Crippen LogP contribution in [-0.2, 0) is 9.53 Å². The first-order chi connectivity index (χ1) is 11.7. The maximum absolute atomic E-state index is 12.8. The topological polar surface area (TPSA) is 38.8 Å². The average Bonchev–Trinajstić information content (AvgIpc) is 3.11. The molecule has 2 aromatic carbocycles. The van der Waals surface area contributed by atoms with Crippen LogP contribution in [0.5, 0.6) is 5.75 Å². The summed E-state index contributed by atoms with van der Waals surface area (Å²) in [6.07, 6.45) is 1.43. The van der Waals surface area contributed by atoms with Gasteiger partial charge in [0.05, 0.1) is 18.3 Å². The second kappa shape index (κ2) is 5.81. The van der Waals surface area contributed by atoms with E-state index in [1.165, 1.54) is 0 Å². The minimum atomic E-state index is -1.06. The van der Waals surface area contributed by atoms with E-state index in [1.807, 2.05) is 49.4 Å². The molecule has 5 heteroatoms. The maximum Gasteiger partial charge on any atom is 0.372 e. The molecule has 0 aliphatic carbocycles. The third-order valence-corrected chi connectivity index (χ3v) is 5.44. The minimum Gasteiger partial charge on any atom is -0.462 e. The summed E-state index contributed by atoms with van der Waals surface area (Å²) in [7, 11) is 0. The van der Waals surface area contributed by atoms with Crippen molar-refractivity contribution in [3.63, 3.8) is 0 Å². The first kappa shape index (κ1) is 15.5. The Bertz CT molecular complexity index is 794. The zero-order valence-corrected chi connectivity index (χ0v) is 15.0. The molecule has 2 aromatic rings. The third kappa shape index (κ3) is 2.14. The summed E-state index contributed by atoms with van der Waals surface area (Å²) >= 11 is 3.65. The Morgan fingerprint density at radius 1 is 1.29 bits per heavy atom. The molecule has 0 aromatic heterocycles. The lowest BCUT2D eigenvalue weighted by molar-refractivity contribution is -0.159. The first-order valence-corrected chi connectivity index (χ1v) is 8.95. The van der Waals surface area contributed by atoms with Gasteiger partial charge in [-0.1, -0.05) is 46.3 Å². The Morgan fingerprint density at radius 3 is 2.83 bits per heavy atom. The van der Waals surface area contributed by atoms with Crippen LogP contribution in [0.4, 0.5) is 5.69 Å². The number of rotatable bonds is 3. The van der Waals surface area contributed by atoms with Gasteiger partial charge in [0, 0.05) is 10.9 Å². The highest BCUT2D eigenvalue weighted by Gasteiger charge is 2.60. The molecule has 2 heterocycles. The van der Waals surface area contributed by atoms with Gasteiger partial charge in [0.25, 0.3) is 5.72 Å². The SMILES string of the molecule is CCOC(=O)[C@]12CC[C@H](c3ccccc3Br)N1c1ccccc1O2. The van der Waals surface area contributed by atoms with E-state index in [0.29, 0.717) is 13.0 Å². The van der Waals surface area contributed by atoms with Crippen molar-refractivity contribution in [2.24, 2.45) is 0 Å². The van der Waals surface area contributed by atoms with Crippen molar-refractivity contribution in [3.05, 3.63) is 58.6 Å². The molecule has 0 saturated carbocycles. The Hall–Kier alpha value is -2.01. The van der Waals surface area contributed by atoms with Crippen LogP contribution in [-0.4, -0.2) is 18.3 Å². The average molecular weight is 388 g/mol. The molecule has 2 aliphatic heterocycles. The number of hydrogen-bond donors (Lipinski definition) is 0. The lowest BCUT2D eigenvalue weighted by Crippen LogP contribution is -2.53. The number of carbonyl (C=O) groups is 1. The second-order valence-corrected chi connectivity index (χ2v) is 6.87. The van der Waals surface area contributed by atoms with Gasteiger partial charge in [0.15, 0.2) is 0 Å². The van der Waals surface area contributed by atoms with Gasteiger partial charge in [-0.2, -0.15) is 0 Å². The number of carbonyl (C=O) groups excluding carboxylic acids is 1.